The zero-order valence-electron chi connectivity index (χ0n) is 7.46. The van der Waals surface area contributed by atoms with Gasteiger partial charge in [0.2, 0.25) is 0 Å². The Labute approximate surface area is 84.7 Å². The topological polar surface area (TPSA) is 63.6 Å². The maximum atomic E-state index is 10.7. The molecule has 13 heavy (non-hydrogen) atoms. The summed E-state index contributed by atoms with van der Waals surface area (Å²) in [5, 5.41) is 8.85. The number of carbonyl (C=O) groups is 2. The van der Waals surface area contributed by atoms with Crippen molar-refractivity contribution in [2.45, 2.75) is 19.4 Å². The van der Waals surface area contributed by atoms with Gasteiger partial charge >= 0.3 is 11.9 Å². The average molecular weight is 251 g/mol. The molecule has 5 heteroatoms. The van der Waals surface area contributed by atoms with Crippen molar-refractivity contribution < 1.29 is 19.4 Å². The van der Waals surface area contributed by atoms with E-state index in [-0.39, 0.29) is 10.9 Å². The van der Waals surface area contributed by atoms with Crippen LogP contribution in [0, 0.1) is 0 Å². The highest BCUT2D eigenvalue weighted by Crippen LogP contribution is 2.22. The predicted octanol–water partition coefficient (Wildman–Crippen LogP) is 1.34. The van der Waals surface area contributed by atoms with Crippen LogP contribution in [0.3, 0.4) is 0 Å². The van der Waals surface area contributed by atoms with Crippen LogP contribution < -0.4 is 0 Å². The minimum atomic E-state index is -1.18. The monoisotopic (exact) mass is 250 g/mol. The van der Waals surface area contributed by atoms with Gasteiger partial charge in [0.05, 0.1) is 5.57 Å². The Kier molecular flexibility index (Phi) is 4.13. The zero-order chi connectivity index (χ0) is 10.6. The molecular formula is C8H11BrO4. The summed E-state index contributed by atoms with van der Waals surface area (Å²) in [6.45, 7) is 6.05. The van der Waals surface area contributed by atoms with Gasteiger partial charge in [-0.25, -0.2) is 4.79 Å². The molecule has 0 aliphatic heterocycles. The van der Waals surface area contributed by atoms with E-state index in [1.54, 1.807) is 0 Å². The number of rotatable bonds is 4. The van der Waals surface area contributed by atoms with Crippen molar-refractivity contribution in [3.8, 4) is 0 Å². The molecule has 74 valence electrons. The average Bonchev–Trinajstić information content (AvgIpc) is 2.01. The summed E-state index contributed by atoms with van der Waals surface area (Å²) in [7, 11) is 0. The molecule has 0 spiro atoms. The minimum Gasteiger partial charge on any atom is -0.478 e. The van der Waals surface area contributed by atoms with E-state index in [1.807, 2.05) is 0 Å². The molecule has 4 nitrogen and oxygen atoms in total. The van der Waals surface area contributed by atoms with Crippen molar-refractivity contribution in [3.63, 3.8) is 0 Å². The van der Waals surface area contributed by atoms with E-state index in [9.17, 15) is 9.59 Å². The summed E-state index contributed by atoms with van der Waals surface area (Å²) in [5.74, 6) is -1.72. The van der Waals surface area contributed by atoms with Crippen LogP contribution in [-0.4, -0.2) is 28.0 Å². The van der Waals surface area contributed by atoms with Gasteiger partial charge in [0.1, 0.15) is 0 Å². The molecule has 0 radical (unpaired) electrons. The number of hydrogen-bond acceptors (Lipinski definition) is 3. The molecule has 0 aromatic carbocycles. The van der Waals surface area contributed by atoms with Gasteiger partial charge in [-0.15, -0.1) is 0 Å². The third kappa shape index (κ3) is 3.18. The summed E-state index contributed by atoms with van der Waals surface area (Å²) in [5.41, 5.74) is -1.34. The Hall–Kier alpha value is -0.840. The Balaban J connectivity index is 4.72. The fourth-order valence-corrected chi connectivity index (χ4v) is 1.17. The molecule has 0 bridgehead atoms. The molecule has 1 N–H and O–H groups in total. The minimum absolute atomic E-state index is 0.153. The van der Waals surface area contributed by atoms with Crippen LogP contribution in [0.15, 0.2) is 12.2 Å². The van der Waals surface area contributed by atoms with E-state index >= 15 is 0 Å². The summed E-state index contributed by atoms with van der Waals surface area (Å²) in [4.78, 5) is 21.2. The lowest BCUT2D eigenvalue weighted by Gasteiger charge is -2.26. The lowest BCUT2D eigenvalue weighted by Crippen LogP contribution is -2.37. The van der Waals surface area contributed by atoms with Crippen LogP contribution >= 0.6 is 15.9 Å². The van der Waals surface area contributed by atoms with Gasteiger partial charge < -0.3 is 9.84 Å². The first-order chi connectivity index (χ1) is 5.83. The van der Waals surface area contributed by atoms with E-state index in [0.29, 0.717) is 0 Å². The first-order valence-corrected chi connectivity index (χ1v) is 4.64. The molecule has 0 aliphatic carbocycles. The van der Waals surface area contributed by atoms with Gasteiger partial charge in [-0.05, 0) is 6.92 Å². The third-order valence-electron chi connectivity index (χ3n) is 1.52. The molecule has 0 aromatic rings. The highest BCUT2D eigenvalue weighted by Gasteiger charge is 2.34. The van der Waals surface area contributed by atoms with Crippen LogP contribution in [0.2, 0.25) is 0 Å². The maximum absolute atomic E-state index is 10.7. The molecule has 0 fully saturated rings. The van der Waals surface area contributed by atoms with Gasteiger partial charge in [0.15, 0.2) is 5.60 Å². The van der Waals surface area contributed by atoms with E-state index in [4.69, 9.17) is 9.84 Å². The fraction of sp³-hybridized carbons (Fsp3) is 0.500. The Morgan fingerprint density at radius 3 is 2.31 bits per heavy atom. The Morgan fingerprint density at radius 2 is 2.08 bits per heavy atom. The third-order valence-corrected chi connectivity index (χ3v) is 2.59. The summed E-state index contributed by atoms with van der Waals surface area (Å²) in [6, 6.07) is 0. The molecule has 0 heterocycles. The lowest BCUT2D eigenvalue weighted by molar-refractivity contribution is -0.152. The van der Waals surface area contributed by atoms with Crippen LogP contribution in [0.4, 0.5) is 0 Å². The van der Waals surface area contributed by atoms with Crippen molar-refractivity contribution in [2.24, 2.45) is 0 Å². The molecule has 0 saturated carbocycles. The number of aliphatic carboxylic acids is 1. The number of ether oxygens (including phenoxy) is 1. The van der Waals surface area contributed by atoms with Crippen LogP contribution in [0.1, 0.15) is 13.8 Å². The SMILES string of the molecule is C=C(C(=O)O)C(C)(CBr)OC(C)=O. The van der Waals surface area contributed by atoms with Gasteiger partial charge in [-0.3, -0.25) is 4.79 Å². The number of carboxylic acid groups (broad SMARTS) is 1. The molecule has 0 amide bonds. The van der Waals surface area contributed by atoms with Gasteiger partial charge in [0.25, 0.3) is 0 Å². The Morgan fingerprint density at radius 1 is 1.62 bits per heavy atom. The second-order valence-electron chi connectivity index (χ2n) is 2.74. The van der Waals surface area contributed by atoms with Crippen molar-refractivity contribution in [1.82, 2.24) is 0 Å². The number of halogens is 1. The second-order valence-corrected chi connectivity index (χ2v) is 3.30. The number of esters is 1. The number of carboxylic acids is 1. The highest BCUT2D eigenvalue weighted by molar-refractivity contribution is 9.09. The van der Waals surface area contributed by atoms with Crippen molar-refractivity contribution in [1.29, 1.82) is 0 Å². The zero-order valence-corrected chi connectivity index (χ0v) is 9.05. The van der Waals surface area contributed by atoms with Crippen molar-refractivity contribution >= 4 is 27.9 Å². The number of alkyl halides is 1. The highest BCUT2D eigenvalue weighted by atomic mass is 79.9. The largest absolute Gasteiger partial charge is 0.478 e. The first-order valence-electron chi connectivity index (χ1n) is 3.51. The van der Waals surface area contributed by atoms with Gasteiger partial charge in [-0.2, -0.15) is 0 Å². The predicted molar refractivity (Wildman–Crippen MR) is 50.7 cm³/mol. The van der Waals surface area contributed by atoms with E-state index in [2.05, 4.69) is 22.5 Å². The van der Waals surface area contributed by atoms with Crippen molar-refractivity contribution in [2.75, 3.05) is 5.33 Å². The standard InChI is InChI=1S/C8H11BrO4/c1-5(7(11)12)8(3,4-9)13-6(2)10/h1,4H2,2-3H3,(H,11,12). The fourth-order valence-electron chi connectivity index (χ4n) is 0.713. The van der Waals surface area contributed by atoms with Crippen molar-refractivity contribution in [3.05, 3.63) is 12.2 Å². The van der Waals surface area contributed by atoms with E-state index < -0.39 is 17.5 Å². The number of hydrogen-bond donors (Lipinski definition) is 1. The number of carbonyl (C=O) groups excluding carboxylic acids is 1. The molecule has 0 rings (SSSR count). The summed E-state index contributed by atoms with van der Waals surface area (Å²) in [6.07, 6.45) is 0. The molecule has 0 aromatic heterocycles. The lowest BCUT2D eigenvalue weighted by atomic mass is 10.00. The molecule has 1 atom stereocenters. The summed E-state index contributed by atoms with van der Waals surface area (Å²) >= 11 is 3.07. The molecular weight excluding hydrogens is 240 g/mol. The second kappa shape index (κ2) is 4.41. The molecule has 0 saturated heterocycles. The van der Waals surface area contributed by atoms with Gasteiger partial charge in [-0.1, -0.05) is 22.5 Å². The molecule has 0 aliphatic rings. The normalized spacial score (nSPS) is 14.4. The Bertz CT molecular complexity index is 249. The van der Waals surface area contributed by atoms with Crippen LogP contribution in [0.25, 0.3) is 0 Å². The maximum Gasteiger partial charge on any atom is 0.335 e. The van der Waals surface area contributed by atoms with Crippen LogP contribution in [0.5, 0.6) is 0 Å². The summed E-state index contributed by atoms with van der Waals surface area (Å²) < 4.78 is 4.84. The quantitative estimate of drug-likeness (QED) is 0.465. The van der Waals surface area contributed by atoms with Gasteiger partial charge in [0, 0.05) is 12.3 Å². The van der Waals surface area contributed by atoms with E-state index in [0.717, 1.165) is 0 Å². The van der Waals surface area contributed by atoms with E-state index in [1.165, 1.54) is 13.8 Å². The first kappa shape index (κ1) is 12.2. The van der Waals surface area contributed by atoms with Crippen LogP contribution in [-0.2, 0) is 14.3 Å². The smallest absolute Gasteiger partial charge is 0.335 e. The molecule has 1 unspecified atom stereocenters.